The van der Waals surface area contributed by atoms with Crippen molar-refractivity contribution in [2.24, 2.45) is 13.0 Å². The average Bonchev–Trinajstić information content (AvgIpc) is 3.22. The van der Waals surface area contributed by atoms with Crippen molar-refractivity contribution in [2.75, 3.05) is 13.7 Å². The standard InChI is InChI=1S/C31H32F3N3O5S/c1-19(17-31(32,33)34)18-35-30(39)28-24(23-10-6-7-11-25(23)37(28)3)15-21-13-14-22(16-26(21)42-4)29(38)36-43(40,41)27-12-8-5-9-20(27)2/h5-14,16,19H,15,17-18H2,1-4H3,(H,35,39)(H,36,38)/t19-/m1/s1. The van der Waals surface area contributed by atoms with Gasteiger partial charge in [0.2, 0.25) is 0 Å². The number of hydrogen-bond donors (Lipinski definition) is 2. The first-order valence-electron chi connectivity index (χ1n) is 13.4. The fraction of sp³-hybridized carbons (Fsp3) is 0.290. The van der Waals surface area contributed by atoms with E-state index < -0.39 is 40.4 Å². The molecule has 8 nitrogen and oxygen atoms in total. The molecule has 12 heteroatoms. The molecule has 4 aromatic rings. The second-order valence-corrected chi connectivity index (χ2v) is 12.1. The van der Waals surface area contributed by atoms with Crippen molar-refractivity contribution in [2.45, 2.75) is 37.8 Å². The van der Waals surface area contributed by atoms with E-state index in [4.69, 9.17) is 4.74 Å². The first-order chi connectivity index (χ1) is 20.2. The van der Waals surface area contributed by atoms with Crippen LogP contribution in [-0.2, 0) is 23.5 Å². The Morgan fingerprint density at radius 3 is 2.35 bits per heavy atom. The van der Waals surface area contributed by atoms with E-state index in [2.05, 4.69) is 10.0 Å². The summed E-state index contributed by atoms with van der Waals surface area (Å²) in [4.78, 5) is 26.3. The molecule has 3 aromatic carbocycles. The Bertz CT molecular complexity index is 1780. The number of aryl methyl sites for hydroxylation is 2. The van der Waals surface area contributed by atoms with Crippen LogP contribution in [0.3, 0.4) is 0 Å². The lowest BCUT2D eigenvalue weighted by molar-refractivity contribution is -0.142. The molecule has 0 spiro atoms. The Hall–Kier alpha value is -4.32. The molecule has 0 saturated heterocycles. The van der Waals surface area contributed by atoms with Crippen molar-refractivity contribution in [3.63, 3.8) is 0 Å². The van der Waals surface area contributed by atoms with Gasteiger partial charge in [-0.3, -0.25) is 9.59 Å². The number of alkyl halides is 3. The minimum atomic E-state index is -4.33. The summed E-state index contributed by atoms with van der Waals surface area (Å²) >= 11 is 0. The smallest absolute Gasteiger partial charge is 0.389 e. The summed E-state index contributed by atoms with van der Waals surface area (Å²) in [7, 11) is -1.01. The predicted molar refractivity (Wildman–Crippen MR) is 157 cm³/mol. The second-order valence-electron chi connectivity index (χ2n) is 10.4. The van der Waals surface area contributed by atoms with Crippen LogP contribution in [0.1, 0.15) is 50.9 Å². The fourth-order valence-corrected chi connectivity index (χ4v) is 6.30. The van der Waals surface area contributed by atoms with Crippen molar-refractivity contribution >= 4 is 32.7 Å². The monoisotopic (exact) mass is 615 g/mol. The molecule has 1 aromatic heterocycles. The molecule has 0 saturated carbocycles. The molecule has 0 fully saturated rings. The highest BCUT2D eigenvalue weighted by Crippen LogP contribution is 2.31. The SMILES string of the molecule is COc1cc(C(=O)NS(=O)(=O)c2ccccc2C)ccc1Cc1c(C(=O)NC[C@H](C)CC(F)(F)F)n(C)c2ccccc12. The van der Waals surface area contributed by atoms with Crippen LogP contribution in [0.2, 0.25) is 0 Å². The summed E-state index contributed by atoms with van der Waals surface area (Å²) < 4.78 is 73.4. The van der Waals surface area contributed by atoms with Crippen molar-refractivity contribution < 1.29 is 35.9 Å². The van der Waals surface area contributed by atoms with Gasteiger partial charge in [-0.2, -0.15) is 13.2 Å². The number of ether oxygens (including phenoxy) is 1. The Morgan fingerprint density at radius 2 is 1.67 bits per heavy atom. The van der Waals surface area contributed by atoms with E-state index in [0.29, 0.717) is 22.4 Å². The van der Waals surface area contributed by atoms with Crippen LogP contribution in [0.5, 0.6) is 5.75 Å². The second kappa shape index (κ2) is 12.5. The Kier molecular flexibility index (Phi) is 9.19. The van der Waals surface area contributed by atoms with Gasteiger partial charge in [-0.1, -0.05) is 49.4 Å². The highest BCUT2D eigenvalue weighted by molar-refractivity contribution is 7.90. The molecular weight excluding hydrogens is 583 g/mol. The Morgan fingerprint density at radius 1 is 1.00 bits per heavy atom. The number of carbonyl (C=O) groups excluding carboxylic acids is 2. The number of halogens is 3. The zero-order valence-corrected chi connectivity index (χ0v) is 24.9. The van der Waals surface area contributed by atoms with Crippen molar-refractivity contribution in [3.8, 4) is 5.75 Å². The molecule has 43 heavy (non-hydrogen) atoms. The van der Waals surface area contributed by atoms with E-state index in [1.165, 1.54) is 32.2 Å². The molecule has 228 valence electrons. The maximum Gasteiger partial charge on any atom is 0.389 e. The van der Waals surface area contributed by atoms with Gasteiger partial charge in [-0.05, 0) is 53.8 Å². The molecular formula is C31H32F3N3O5S. The van der Waals surface area contributed by atoms with Gasteiger partial charge in [0.25, 0.3) is 21.8 Å². The number of fused-ring (bicyclic) bond motifs is 1. The summed E-state index contributed by atoms with van der Waals surface area (Å²) in [5, 5.41) is 3.41. The largest absolute Gasteiger partial charge is 0.496 e. The highest BCUT2D eigenvalue weighted by atomic mass is 32.2. The number of rotatable bonds is 10. The Labute approximate surface area is 247 Å². The summed E-state index contributed by atoms with van der Waals surface area (Å²) in [5.41, 5.74) is 2.80. The minimum absolute atomic E-state index is 0.0125. The van der Waals surface area contributed by atoms with Gasteiger partial charge in [0, 0.05) is 42.9 Å². The van der Waals surface area contributed by atoms with Gasteiger partial charge in [0.1, 0.15) is 11.4 Å². The number of hydrogen-bond acceptors (Lipinski definition) is 5. The number of nitrogens with one attached hydrogen (secondary N) is 2. The molecule has 0 aliphatic heterocycles. The van der Waals surface area contributed by atoms with E-state index in [1.807, 2.05) is 24.3 Å². The van der Waals surface area contributed by atoms with E-state index in [0.717, 1.165) is 10.9 Å². The van der Waals surface area contributed by atoms with Gasteiger partial charge in [0.05, 0.1) is 12.0 Å². The fourth-order valence-electron chi connectivity index (χ4n) is 5.07. The van der Waals surface area contributed by atoms with Crippen LogP contribution in [-0.4, -0.2) is 44.6 Å². The molecule has 0 aliphatic carbocycles. The van der Waals surface area contributed by atoms with E-state index in [1.54, 1.807) is 42.8 Å². The molecule has 1 atom stereocenters. The lowest BCUT2D eigenvalue weighted by atomic mass is 9.99. The van der Waals surface area contributed by atoms with Crippen LogP contribution in [0.15, 0.2) is 71.6 Å². The number of benzene rings is 3. The molecule has 0 aliphatic rings. The summed E-state index contributed by atoms with van der Waals surface area (Å²) in [5.74, 6) is -1.88. The highest BCUT2D eigenvalue weighted by Gasteiger charge is 2.30. The number of methoxy groups -OCH3 is 1. The molecule has 2 N–H and O–H groups in total. The normalized spacial score (nSPS) is 12.6. The van der Waals surface area contributed by atoms with Crippen LogP contribution >= 0.6 is 0 Å². The summed E-state index contributed by atoms with van der Waals surface area (Å²) in [6, 6.07) is 18.1. The number of amides is 2. The molecule has 4 rings (SSSR count). The number of nitrogens with zero attached hydrogens (tertiary/aromatic N) is 1. The van der Waals surface area contributed by atoms with Gasteiger partial charge in [0.15, 0.2) is 0 Å². The quantitative estimate of drug-likeness (QED) is 0.244. The Balaban J connectivity index is 1.63. The molecule has 0 radical (unpaired) electrons. The van der Waals surface area contributed by atoms with Crippen molar-refractivity contribution in [3.05, 3.63) is 94.7 Å². The predicted octanol–water partition coefficient (Wildman–Crippen LogP) is 5.52. The maximum atomic E-state index is 13.3. The van der Waals surface area contributed by atoms with Crippen LogP contribution < -0.4 is 14.8 Å². The first kappa shape index (κ1) is 31.6. The molecule has 0 bridgehead atoms. The number of aromatic nitrogens is 1. The van der Waals surface area contributed by atoms with Gasteiger partial charge in [-0.15, -0.1) is 0 Å². The topological polar surface area (TPSA) is 106 Å². The van der Waals surface area contributed by atoms with Crippen molar-refractivity contribution in [1.82, 2.24) is 14.6 Å². The first-order valence-corrected chi connectivity index (χ1v) is 14.9. The van der Waals surface area contributed by atoms with Crippen molar-refractivity contribution in [1.29, 1.82) is 0 Å². The third kappa shape index (κ3) is 7.19. The number of carbonyl (C=O) groups is 2. The third-order valence-electron chi connectivity index (χ3n) is 7.14. The lowest BCUT2D eigenvalue weighted by Crippen LogP contribution is -2.32. The lowest BCUT2D eigenvalue weighted by Gasteiger charge is -2.16. The molecule has 0 unspecified atom stereocenters. The summed E-state index contributed by atoms with van der Waals surface area (Å²) in [6.07, 6.45) is -5.16. The number of para-hydroxylation sites is 1. The molecule has 2 amide bonds. The van der Waals surface area contributed by atoms with Gasteiger partial charge < -0.3 is 14.6 Å². The van der Waals surface area contributed by atoms with Crippen LogP contribution in [0.25, 0.3) is 10.9 Å². The summed E-state index contributed by atoms with van der Waals surface area (Å²) in [6.45, 7) is 2.89. The third-order valence-corrected chi connectivity index (χ3v) is 8.64. The zero-order valence-electron chi connectivity index (χ0n) is 24.1. The van der Waals surface area contributed by atoms with E-state index in [-0.39, 0.29) is 29.1 Å². The number of sulfonamides is 1. The van der Waals surface area contributed by atoms with Gasteiger partial charge in [-0.25, -0.2) is 13.1 Å². The average molecular weight is 616 g/mol. The van der Waals surface area contributed by atoms with Gasteiger partial charge >= 0.3 is 6.18 Å². The van der Waals surface area contributed by atoms with Crippen LogP contribution in [0.4, 0.5) is 13.2 Å². The van der Waals surface area contributed by atoms with E-state index in [9.17, 15) is 31.2 Å². The minimum Gasteiger partial charge on any atom is -0.496 e. The maximum absolute atomic E-state index is 13.3. The van der Waals surface area contributed by atoms with Crippen LogP contribution in [0, 0.1) is 12.8 Å². The van der Waals surface area contributed by atoms with E-state index >= 15 is 0 Å². The zero-order chi connectivity index (χ0) is 31.5. The molecule has 1 heterocycles.